The number of benzene rings is 3. The zero-order valence-corrected chi connectivity index (χ0v) is 21.3. The van der Waals surface area contributed by atoms with Crippen LogP contribution in [0, 0.1) is 12.7 Å². The standard InChI is InChI=1S/C28H32FN3O3S/c1-22-9-15-27(16-10-22)36(34,35)32(26-13-11-25(29)12-14-26)21-28(33)30-19-23-7-3-4-8-24(23)20-31-17-5-2-6-18-31/h3-4,7-16H,2,5-6,17-21H2,1H3,(H,30,33). The van der Waals surface area contributed by atoms with Gasteiger partial charge in [-0.15, -0.1) is 0 Å². The van der Waals surface area contributed by atoms with E-state index in [0.29, 0.717) is 6.54 Å². The van der Waals surface area contributed by atoms with Crippen LogP contribution < -0.4 is 9.62 Å². The fourth-order valence-corrected chi connectivity index (χ4v) is 5.80. The average molecular weight is 510 g/mol. The van der Waals surface area contributed by atoms with E-state index in [9.17, 15) is 17.6 Å². The molecule has 3 aromatic carbocycles. The maximum Gasteiger partial charge on any atom is 0.264 e. The summed E-state index contributed by atoms with van der Waals surface area (Å²) in [5, 5.41) is 2.88. The third-order valence-corrected chi connectivity index (χ3v) is 8.24. The Morgan fingerprint density at radius 2 is 1.56 bits per heavy atom. The lowest BCUT2D eigenvalue weighted by Crippen LogP contribution is -2.40. The highest BCUT2D eigenvalue weighted by Gasteiger charge is 2.27. The van der Waals surface area contributed by atoms with Crippen LogP contribution in [0.2, 0.25) is 0 Å². The smallest absolute Gasteiger partial charge is 0.264 e. The molecule has 0 radical (unpaired) electrons. The van der Waals surface area contributed by atoms with Crippen molar-refractivity contribution < 1.29 is 17.6 Å². The molecule has 0 saturated carbocycles. The SMILES string of the molecule is Cc1ccc(S(=O)(=O)N(CC(=O)NCc2ccccc2CN2CCCCC2)c2ccc(F)cc2)cc1. The molecule has 1 saturated heterocycles. The number of hydrogen-bond donors (Lipinski definition) is 1. The van der Waals surface area contributed by atoms with Crippen LogP contribution >= 0.6 is 0 Å². The number of rotatable bonds is 9. The third-order valence-electron chi connectivity index (χ3n) is 6.45. The van der Waals surface area contributed by atoms with Crippen molar-refractivity contribution in [2.75, 3.05) is 23.9 Å². The van der Waals surface area contributed by atoms with Gasteiger partial charge in [-0.3, -0.25) is 14.0 Å². The number of nitrogens with zero attached hydrogens (tertiary/aromatic N) is 2. The summed E-state index contributed by atoms with van der Waals surface area (Å²) < 4.78 is 41.5. The molecule has 3 aromatic rings. The molecular formula is C28H32FN3O3S. The molecule has 0 spiro atoms. The molecule has 36 heavy (non-hydrogen) atoms. The van der Waals surface area contributed by atoms with Gasteiger partial charge in [0.15, 0.2) is 0 Å². The number of sulfonamides is 1. The molecule has 1 aliphatic rings. The van der Waals surface area contributed by atoms with Gasteiger partial charge in [0.05, 0.1) is 10.6 Å². The van der Waals surface area contributed by atoms with Crippen LogP contribution in [0.1, 0.15) is 36.0 Å². The number of aryl methyl sites for hydroxylation is 1. The van der Waals surface area contributed by atoms with E-state index < -0.39 is 28.3 Å². The molecule has 0 atom stereocenters. The maximum atomic E-state index is 13.5. The van der Waals surface area contributed by atoms with Crippen LogP contribution in [0.15, 0.2) is 77.7 Å². The van der Waals surface area contributed by atoms with Crippen LogP contribution in [0.25, 0.3) is 0 Å². The van der Waals surface area contributed by atoms with Crippen LogP contribution in [-0.4, -0.2) is 38.9 Å². The van der Waals surface area contributed by atoms with Crippen LogP contribution in [0.3, 0.4) is 0 Å². The molecule has 0 aromatic heterocycles. The Balaban J connectivity index is 1.50. The highest BCUT2D eigenvalue weighted by molar-refractivity contribution is 7.92. The fourth-order valence-electron chi connectivity index (χ4n) is 4.38. The second-order valence-electron chi connectivity index (χ2n) is 9.18. The lowest BCUT2D eigenvalue weighted by Gasteiger charge is -2.27. The second-order valence-corrected chi connectivity index (χ2v) is 11.0. The van der Waals surface area contributed by atoms with E-state index in [0.717, 1.165) is 40.6 Å². The average Bonchev–Trinajstić information content (AvgIpc) is 2.88. The molecule has 0 bridgehead atoms. The van der Waals surface area contributed by atoms with E-state index in [-0.39, 0.29) is 10.6 Å². The van der Waals surface area contributed by atoms with Crippen molar-refractivity contribution in [2.24, 2.45) is 0 Å². The first-order valence-corrected chi connectivity index (χ1v) is 13.7. The number of hydrogen-bond acceptors (Lipinski definition) is 4. The van der Waals surface area contributed by atoms with E-state index in [2.05, 4.69) is 16.3 Å². The highest BCUT2D eigenvalue weighted by atomic mass is 32.2. The summed E-state index contributed by atoms with van der Waals surface area (Å²) in [6.07, 6.45) is 3.67. The van der Waals surface area contributed by atoms with Gasteiger partial charge >= 0.3 is 0 Å². The van der Waals surface area contributed by atoms with Gasteiger partial charge in [0.1, 0.15) is 12.4 Å². The summed E-state index contributed by atoms with van der Waals surface area (Å²) in [5.74, 6) is -0.927. The van der Waals surface area contributed by atoms with Gasteiger partial charge in [0, 0.05) is 13.1 Å². The molecule has 0 unspecified atom stereocenters. The predicted octanol–water partition coefficient (Wildman–Crippen LogP) is 4.63. The number of carbonyl (C=O) groups is 1. The molecule has 190 valence electrons. The molecule has 1 amide bonds. The summed E-state index contributed by atoms with van der Waals surface area (Å²) in [6, 6.07) is 19.5. The van der Waals surface area contributed by atoms with E-state index in [4.69, 9.17) is 0 Å². The third kappa shape index (κ3) is 6.50. The van der Waals surface area contributed by atoms with Crippen molar-refractivity contribution in [3.05, 3.63) is 95.3 Å². The number of anilines is 1. The fraction of sp³-hybridized carbons (Fsp3) is 0.321. The predicted molar refractivity (Wildman–Crippen MR) is 140 cm³/mol. The Hall–Kier alpha value is -3.23. The lowest BCUT2D eigenvalue weighted by molar-refractivity contribution is -0.119. The van der Waals surface area contributed by atoms with Gasteiger partial charge in [-0.25, -0.2) is 12.8 Å². The summed E-state index contributed by atoms with van der Waals surface area (Å²) in [4.78, 5) is 15.5. The maximum absolute atomic E-state index is 13.5. The minimum atomic E-state index is -4.05. The first-order valence-electron chi connectivity index (χ1n) is 12.2. The molecule has 0 aliphatic carbocycles. The number of nitrogens with one attached hydrogen (secondary N) is 1. The van der Waals surface area contributed by atoms with Crippen molar-refractivity contribution >= 4 is 21.6 Å². The van der Waals surface area contributed by atoms with Crippen molar-refractivity contribution in [3.8, 4) is 0 Å². The molecule has 6 nitrogen and oxygen atoms in total. The van der Waals surface area contributed by atoms with Crippen LogP contribution in [0.5, 0.6) is 0 Å². The first-order chi connectivity index (χ1) is 17.3. The number of likely N-dealkylation sites (tertiary alicyclic amines) is 1. The molecule has 1 N–H and O–H groups in total. The molecule has 4 rings (SSSR count). The molecule has 1 fully saturated rings. The van der Waals surface area contributed by atoms with E-state index in [1.807, 2.05) is 25.1 Å². The topological polar surface area (TPSA) is 69.7 Å². The van der Waals surface area contributed by atoms with Crippen molar-refractivity contribution in [2.45, 2.75) is 44.2 Å². The Labute approximate surface area is 212 Å². The van der Waals surface area contributed by atoms with Crippen LogP contribution in [-0.2, 0) is 27.9 Å². The number of amides is 1. The summed E-state index contributed by atoms with van der Waals surface area (Å²) in [5.41, 5.74) is 3.30. The van der Waals surface area contributed by atoms with Gasteiger partial charge in [0.2, 0.25) is 5.91 Å². The highest BCUT2D eigenvalue weighted by Crippen LogP contribution is 2.24. The van der Waals surface area contributed by atoms with Gasteiger partial charge in [-0.05, 0) is 80.4 Å². The van der Waals surface area contributed by atoms with Gasteiger partial charge in [-0.2, -0.15) is 0 Å². The normalized spacial score (nSPS) is 14.4. The zero-order valence-electron chi connectivity index (χ0n) is 20.5. The van der Waals surface area contributed by atoms with Crippen molar-refractivity contribution in [3.63, 3.8) is 0 Å². The van der Waals surface area contributed by atoms with Crippen molar-refractivity contribution in [1.82, 2.24) is 10.2 Å². The summed E-state index contributed by atoms with van der Waals surface area (Å²) in [7, 11) is -4.05. The molecule has 8 heteroatoms. The molecule has 1 heterocycles. The quantitative estimate of drug-likeness (QED) is 0.457. The largest absolute Gasteiger partial charge is 0.350 e. The number of piperidine rings is 1. The van der Waals surface area contributed by atoms with Crippen LogP contribution in [0.4, 0.5) is 10.1 Å². The number of halogens is 1. The Morgan fingerprint density at radius 3 is 2.22 bits per heavy atom. The monoisotopic (exact) mass is 509 g/mol. The second kappa shape index (κ2) is 11.7. The van der Waals surface area contributed by atoms with Gasteiger partial charge < -0.3 is 5.32 Å². The molecule has 1 aliphatic heterocycles. The zero-order chi connectivity index (χ0) is 25.5. The Bertz CT molecular complexity index is 1270. The molecular weight excluding hydrogens is 477 g/mol. The minimum absolute atomic E-state index is 0.0668. The Kier molecular flexibility index (Phi) is 8.38. The Morgan fingerprint density at radius 1 is 0.917 bits per heavy atom. The van der Waals surface area contributed by atoms with Gasteiger partial charge in [0.25, 0.3) is 10.0 Å². The first kappa shape index (κ1) is 25.9. The van der Waals surface area contributed by atoms with E-state index in [1.165, 1.54) is 55.7 Å². The number of carbonyl (C=O) groups excluding carboxylic acids is 1. The summed E-state index contributed by atoms with van der Waals surface area (Å²) >= 11 is 0. The summed E-state index contributed by atoms with van der Waals surface area (Å²) in [6.45, 7) is 4.72. The lowest BCUT2D eigenvalue weighted by atomic mass is 10.0. The van der Waals surface area contributed by atoms with E-state index >= 15 is 0 Å². The van der Waals surface area contributed by atoms with Gasteiger partial charge in [-0.1, -0.05) is 48.4 Å². The van der Waals surface area contributed by atoms with E-state index in [1.54, 1.807) is 12.1 Å². The van der Waals surface area contributed by atoms with Crippen molar-refractivity contribution in [1.29, 1.82) is 0 Å². The minimum Gasteiger partial charge on any atom is -0.350 e.